The Balaban J connectivity index is 2.24. The maximum atomic E-state index is 13.3. The Morgan fingerprint density at radius 1 is 1.00 bits per heavy atom. The fraction of sp³-hybridized carbons (Fsp3) is 0.118. The van der Waals surface area contributed by atoms with Gasteiger partial charge in [0.2, 0.25) is 0 Å². The van der Waals surface area contributed by atoms with Gasteiger partial charge in [-0.15, -0.1) is 0 Å². The average Bonchev–Trinajstić information content (AvgIpc) is 2.92. The van der Waals surface area contributed by atoms with Crippen molar-refractivity contribution in [2.24, 2.45) is 0 Å². The summed E-state index contributed by atoms with van der Waals surface area (Å²) in [5.74, 6) is 0. The quantitative estimate of drug-likeness (QED) is 0.753. The molecule has 2 aromatic carbocycles. The minimum absolute atomic E-state index is 0.0543. The van der Waals surface area contributed by atoms with Crippen LogP contribution in [0.4, 0.5) is 18.9 Å². The van der Waals surface area contributed by atoms with Gasteiger partial charge in [0, 0.05) is 11.8 Å². The van der Waals surface area contributed by atoms with Crippen molar-refractivity contribution in [2.45, 2.75) is 11.1 Å². The molecule has 0 aliphatic carbocycles. The number of halogens is 3. The summed E-state index contributed by atoms with van der Waals surface area (Å²) in [4.78, 5) is 0.0543. The monoisotopic (exact) mass is 381 g/mol. The van der Waals surface area contributed by atoms with E-state index in [1.807, 2.05) is 0 Å². The first-order valence-corrected chi connectivity index (χ1v) is 9.30. The van der Waals surface area contributed by atoms with Crippen molar-refractivity contribution in [3.63, 3.8) is 0 Å². The maximum Gasteiger partial charge on any atom is 0.437 e. The molecular formula is C17H14F3N3O2S. The Kier molecular flexibility index (Phi) is 4.27. The van der Waals surface area contributed by atoms with Crippen molar-refractivity contribution >= 4 is 15.5 Å². The lowest BCUT2D eigenvalue weighted by Gasteiger charge is -2.09. The van der Waals surface area contributed by atoms with Crippen LogP contribution in [0.1, 0.15) is 5.69 Å². The lowest BCUT2D eigenvalue weighted by Crippen LogP contribution is -2.09. The molecule has 3 aromatic rings. The molecule has 0 amide bonds. The zero-order valence-corrected chi connectivity index (χ0v) is 14.3. The summed E-state index contributed by atoms with van der Waals surface area (Å²) in [5.41, 5.74) is 4.89. The highest BCUT2D eigenvalue weighted by Gasteiger charge is 2.39. The third kappa shape index (κ3) is 3.30. The van der Waals surface area contributed by atoms with Crippen LogP contribution in [0.25, 0.3) is 16.9 Å². The van der Waals surface area contributed by atoms with Gasteiger partial charge in [-0.3, -0.25) is 0 Å². The third-order valence-corrected chi connectivity index (χ3v) is 4.88. The second-order valence-electron chi connectivity index (χ2n) is 5.65. The summed E-state index contributed by atoms with van der Waals surface area (Å²) in [6.07, 6.45) is -3.67. The van der Waals surface area contributed by atoms with E-state index in [9.17, 15) is 21.6 Å². The predicted molar refractivity (Wildman–Crippen MR) is 91.5 cm³/mol. The van der Waals surface area contributed by atoms with Crippen molar-refractivity contribution in [3.05, 3.63) is 60.3 Å². The number of benzene rings is 2. The van der Waals surface area contributed by atoms with E-state index >= 15 is 0 Å². The highest BCUT2D eigenvalue weighted by atomic mass is 32.2. The van der Waals surface area contributed by atoms with Crippen LogP contribution in [0.3, 0.4) is 0 Å². The molecule has 9 heteroatoms. The summed E-state index contributed by atoms with van der Waals surface area (Å²) in [6.45, 7) is 0. The normalized spacial score (nSPS) is 12.3. The van der Waals surface area contributed by atoms with E-state index in [1.54, 1.807) is 30.3 Å². The van der Waals surface area contributed by atoms with E-state index in [-0.39, 0.29) is 16.3 Å². The number of anilines is 1. The zero-order chi connectivity index (χ0) is 19.1. The Hall–Kier alpha value is -2.81. The Morgan fingerprint density at radius 2 is 1.58 bits per heavy atom. The molecule has 1 heterocycles. The molecule has 136 valence electrons. The summed E-state index contributed by atoms with van der Waals surface area (Å²) < 4.78 is 64.0. The summed E-state index contributed by atoms with van der Waals surface area (Å²) in [6, 6.07) is 13.7. The van der Waals surface area contributed by atoms with Crippen LogP contribution in [0.2, 0.25) is 0 Å². The minimum atomic E-state index is -4.72. The molecule has 0 saturated heterocycles. The molecular weight excluding hydrogens is 367 g/mol. The Bertz CT molecular complexity index is 1040. The van der Waals surface area contributed by atoms with E-state index in [0.29, 0.717) is 5.56 Å². The maximum absolute atomic E-state index is 13.3. The first-order valence-electron chi connectivity index (χ1n) is 7.40. The smallest absolute Gasteiger partial charge is 0.395 e. The first kappa shape index (κ1) is 18.0. The molecule has 0 saturated carbocycles. The van der Waals surface area contributed by atoms with Gasteiger partial charge < -0.3 is 5.73 Å². The standard InChI is InChI=1S/C17H14F3N3O2S/c1-26(24,25)13-9-7-12(8-10-13)23-15(11-5-3-2-4-6-11)14(21)16(22-23)17(18,19)20/h2-10H,21H2,1H3. The fourth-order valence-electron chi connectivity index (χ4n) is 2.53. The zero-order valence-electron chi connectivity index (χ0n) is 13.5. The molecule has 3 rings (SSSR count). The van der Waals surface area contributed by atoms with Gasteiger partial charge in [0.15, 0.2) is 15.5 Å². The van der Waals surface area contributed by atoms with Crippen LogP contribution in [-0.4, -0.2) is 24.5 Å². The molecule has 0 atom stereocenters. The summed E-state index contributed by atoms with van der Waals surface area (Å²) >= 11 is 0. The molecule has 5 nitrogen and oxygen atoms in total. The van der Waals surface area contributed by atoms with Crippen molar-refractivity contribution in [2.75, 3.05) is 12.0 Å². The van der Waals surface area contributed by atoms with Crippen molar-refractivity contribution in [1.29, 1.82) is 0 Å². The minimum Gasteiger partial charge on any atom is -0.395 e. The number of hydrogen-bond donors (Lipinski definition) is 1. The van der Waals surface area contributed by atoms with Gasteiger partial charge in [-0.1, -0.05) is 30.3 Å². The molecule has 0 spiro atoms. The van der Waals surface area contributed by atoms with E-state index < -0.39 is 27.4 Å². The number of aromatic nitrogens is 2. The van der Waals surface area contributed by atoms with Crippen LogP contribution >= 0.6 is 0 Å². The van der Waals surface area contributed by atoms with Crippen LogP contribution in [0.15, 0.2) is 59.5 Å². The van der Waals surface area contributed by atoms with Gasteiger partial charge in [0.1, 0.15) is 0 Å². The highest BCUT2D eigenvalue weighted by Crippen LogP contribution is 2.39. The first-order chi connectivity index (χ1) is 12.1. The number of hydrogen-bond acceptors (Lipinski definition) is 4. The molecule has 26 heavy (non-hydrogen) atoms. The van der Waals surface area contributed by atoms with Gasteiger partial charge >= 0.3 is 6.18 Å². The van der Waals surface area contributed by atoms with E-state index in [4.69, 9.17) is 5.73 Å². The van der Waals surface area contributed by atoms with Gasteiger partial charge in [0.25, 0.3) is 0 Å². The van der Waals surface area contributed by atoms with Gasteiger partial charge in [-0.05, 0) is 24.3 Å². The molecule has 0 aliphatic heterocycles. The molecule has 2 N–H and O–H groups in total. The van der Waals surface area contributed by atoms with Crippen LogP contribution in [0.5, 0.6) is 0 Å². The lowest BCUT2D eigenvalue weighted by atomic mass is 10.1. The van der Waals surface area contributed by atoms with Crippen LogP contribution < -0.4 is 5.73 Å². The van der Waals surface area contributed by atoms with Crippen molar-refractivity contribution in [1.82, 2.24) is 9.78 Å². The lowest BCUT2D eigenvalue weighted by molar-refractivity contribution is -0.140. The molecule has 0 aliphatic rings. The fourth-order valence-corrected chi connectivity index (χ4v) is 3.17. The molecule has 1 aromatic heterocycles. The number of rotatable bonds is 3. The molecule has 0 unspecified atom stereocenters. The topological polar surface area (TPSA) is 78.0 Å². The number of alkyl halides is 3. The summed E-state index contributed by atoms with van der Waals surface area (Å²) in [5, 5.41) is 3.64. The number of nitrogen functional groups attached to an aromatic ring is 1. The van der Waals surface area contributed by atoms with Crippen molar-refractivity contribution in [3.8, 4) is 16.9 Å². The second-order valence-corrected chi connectivity index (χ2v) is 7.67. The number of nitrogens with two attached hydrogens (primary N) is 1. The van der Waals surface area contributed by atoms with E-state index in [0.717, 1.165) is 10.9 Å². The van der Waals surface area contributed by atoms with Gasteiger partial charge in [0.05, 0.1) is 22.0 Å². The van der Waals surface area contributed by atoms with Crippen molar-refractivity contribution < 1.29 is 21.6 Å². The predicted octanol–water partition coefficient (Wildman–Crippen LogP) is 3.54. The van der Waals surface area contributed by atoms with E-state index in [1.165, 1.54) is 24.3 Å². The Morgan fingerprint density at radius 3 is 2.08 bits per heavy atom. The van der Waals surface area contributed by atoms with E-state index in [2.05, 4.69) is 5.10 Å². The third-order valence-electron chi connectivity index (χ3n) is 3.75. The largest absolute Gasteiger partial charge is 0.437 e. The molecule has 0 bridgehead atoms. The van der Waals surface area contributed by atoms with Gasteiger partial charge in [-0.25, -0.2) is 13.1 Å². The Labute approximate surface area is 147 Å². The van der Waals surface area contributed by atoms with Crippen LogP contribution in [-0.2, 0) is 16.0 Å². The van der Waals surface area contributed by atoms with Crippen LogP contribution in [0, 0.1) is 0 Å². The molecule has 0 fully saturated rings. The molecule has 0 radical (unpaired) electrons. The number of sulfone groups is 1. The SMILES string of the molecule is CS(=O)(=O)c1ccc(-n2nc(C(F)(F)F)c(N)c2-c2ccccc2)cc1. The number of nitrogens with zero attached hydrogens (tertiary/aromatic N) is 2. The highest BCUT2D eigenvalue weighted by molar-refractivity contribution is 7.90. The van der Waals surface area contributed by atoms with Gasteiger partial charge in [-0.2, -0.15) is 18.3 Å². The summed E-state index contributed by atoms with van der Waals surface area (Å²) in [7, 11) is -3.42. The average molecular weight is 381 g/mol. The second kappa shape index (κ2) is 6.17.